The number of rotatable bonds is 6. The first-order valence-electron chi connectivity index (χ1n) is 11.2. The van der Waals surface area contributed by atoms with Crippen LogP contribution in [0.3, 0.4) is 0 Å². The van der Waals surface area contributed by atoms with Gasteiger partial charge >= 0.3 is 0 Å². The van der Waals surface area contributed by atoms with E-state index in [1.165, 1.54) is 12.1 Å². The smallest absolute Gasteiger partial charge is 0.229 e. The summed E-state index contributed by atoms with van der Waals surface area (Å²) in [5.74, 6) is 0.191. The normalized spacial score (nSPS) is 17.8. The van der Waals surface area contributed by atoms with E-state index in [-0.39, 0.29) is 28.8 Å². The maximum absolute atomic E-state index is 13.5. The van der Waals surface area contributed by atoms with Gasteiger partial charge in [-0.05, 0) is 67.6 Å². The van der Waals surface area contributed by atoms with Gasteiger partial charge in [-0.15, -0.1) is 0 Å². The van der Waals surface area contributed by atoms with Gasteiger partial charge in [-0.2, -0.15) is 0 Å². The Morgan fingerprint density at radius 3 is 2.56 bits per heavy atom. The summed E-state index contributed by atoms with van der Waals surface area (Å²) in [5.41, 5.74) is 3.01. The monoisotopic (exact) mass is 477 g/mol. The van der Waals surface area contributed by atoms with Crippen molar-refractivity contribution in [2.24, 2.45) is 0 Å². The molecular weight excluding hydrogens is 450 g/mol. The quantitative estimate of drug-likeness (QED) is 0.578. The molecule has 1 aliphatic carbocycles. The predicted molar refractivity (Wildman–Crippen MR) is 130 cm³/mol. The molecule has 0 aliphatic heterocycles. The topological polar surface area (TPSA) is 106 Å². The second kappa shape index (κ2) is 9.10. The molecule has 1 amide bonds. The second-order valence-corrected chi connectivity index (χ2v) is 11.1. The van der Waals surface area contributed by atoms with Crippen molar-refractivity contribution >= 4 is 27.3 Å². The van der Waals surface area contributed by atoms with E-state index in [2.05, 4.69) is 15.3 Å². The molecule has 2 heterocycles. The zero-order valence-corrected chi connectivity index (χ0v) is 20.3. The van der Waals surface area contributed by atoms with Crippen LogP contribution < -0.4 is 5.32 Å². The number of Topliss-reactive ketones (excluding diaryl/α,β-unsaturated/α-hetero) is 1. The predicted octanol–water partition coefficient (Wildman–Crippen LogP) is 3.85. The Labute approximate surface area is 199 Å². The van der Waals surface area contributed by atoms with Crippen LogP contribution in [-0.4, -0.2) is 35.8 Å². The van der Waals surface area contributed by atoms with Crippen LogP contribution in [0.5, 0.6) is 0 Å². The third-order valence-corrected chi connectivity index (χ3v) is 8.23. The Kier molecular flexibility index (Phi) is 6.36. The summed E-state index contributed by atoms with van der Waals surface area (Å²) in [6, 6.07) is 11.8. The first-order chi connectivity index (χ1) is 16.1. The first-order valence-corrected chi connectivity index (χ1v) is 12.9. The van der Waals surface area contributed by atoms with Gasteiger partial charge in [-0.1, -0.05) is 25.1 Å². The number of pyridine rings is 2. The number of carbonyl (C=O) groups excluding carboxylic acids is 2. The number of nitrogens with zero attached hydrogens (tertiary/aromatic N) is 2. The Morgan fingerprint density at radius 1 is 1.18 bits per heavy atom. The van der Waals surface area contributed by atoms with E-state index in [1.807, 2.05) is 26.0 Å². The number of carbonyl (C=O) groups is 2. The minimum Gasteiger partial charge on any atom is -0.310 e. The van der Waals surface area contributed by atoms with Crippen LogP contribution in [-0.2, 0) is 32.9 Å². The van der Waals surface area contributed by atoms with Crippen LogP contribution >= 0.6 is 0 Å². The molecule has 0 fully saturated rings. The van der Waals surface area contributed by atoms with Gasteiger partial charge in [0.25, 0.3) is 0 Å². The lowest BCUT2D eigenvalue weighted by Gasteiger charge is -2.34. The van der Waals surface area contributed by atoms with Crippen LogP contribution in [0.15, 0.2) is 59.8 Å². The number of aryl methyl sites for hydroxylation is 2. The molecule has 2 aromatic heterocycles. The van der Waals surface area contributed by atoms with Gasteiger partial charge in [0, 0.05) is 18.0 Å². The van der Waals surface area contributed by atoms with Gasteiger partial charge in [-0.3, -0.25) is 14.6 Å². The van der Waals surface area contributed by atoms with Crippen molar-refractivity contribution in [3.05, 3.63) is 82.8 Å². The Morgan fingerprint density at radius 2 is 1.91 bits per heavy atom. The van der Waals surface area contributed by atoms with Gasteiger partial charge in [0.2, 0.25) is 5.91 Å². The number of hydrogen-bond acceptors (Lipinski definition) is 6. The molecule has 1 aliphatic rings. The molecule has 1 aromatic carbocycles. The summed E-state index contributed by atoms with van der Waals surface area (Å²) >= 11 is 0. The Hall–Kier alpha value is -3.39. The molecule has 176 valence electrons. The van der Waals surface area contributed by atoms with E-state index in [9.17, 15) is 18.0 Å². The molecule has 7 nitrogen and oxygen atoms in total. The highest BCUT2D eigenvalue weighted by Crippen LogP contribution is 2.39. The summed E-state index contributed by atoms with van der Waals surface area (Å²) in [7, 11) is -3.28. The molecule has 0 saturated carbocycles. The number of amides is 1. The van der Waals surface area contributed by atoms with Crippen molar-refractivity contribution in [1.82, 2.24) is 9.97 Å². The Bertz CT molecular complexity index is 1350. The fourth-order valence-electron chi connectivity index (χ4n) is 4.37. The lowest BCUT2D eigenvalue weighted by Crippen LogP contribution is -2.38. The number of hydrogen-bond donors (Lipinski definition) is 1. The largest absolute Gasteiger partial charge is 0.310 e. The highest BCUT2D eigenvalue weighted by Gasteiger charge is 2.41. The van der Waals surface area contributed by atoms with E-state index < -0.39 is 15.3 Å². The van der Waals surface area contributed by atoms with Crippen LogP contribution in [0.25, 0.3) is 0 Å². The highest BCUT2D eigenvalue weighted by atomic mass is 32.2. The molecule has 8 heteroatoms. The third-order valence-electron chi connectivity index (χ3n) is 6.47. The van der Waals surface area contributed by atoms with Crippen molar-refractivity contribution in [3.8, 4) is 0 Å². The summed E-state index contributed by atoms with van der Waals surface area (Å²) in [6.45, 7) is 5.40. The number of benzene rings is 1. The van der Waals surface area contributed by atoms with Crippen molar-refractivity contribution in [2.75, 3.05) is 11.1 Å². The van der Waals surface area contributed by atoms with Gasteiger partial charge in [0.1, 0.15) is 5.82 Å². The lowest BCUT2D eigenvalue weighted by molar-refractivity contribution is -0.115. The Balaban J connectivity index is 1.51. The molecule has 1 atom stereocenters. The molecule has 4 rings (SSSR count). The first kappa shape index (κ1) is 23.8. The minimum atomic E-state index is -3.28. The molecular formula is C26H27N3O4S. The number of aromatic nitrogens is 2. The van der Waals surface area contributed by atoms with Crippen LogP contribution in [0.2, 0.25) is 0 Å². The van der Waals surface area contributed by atoms with E-state index in [0.29, 0.717) is 35.5 Å². The summed E-state index contributed by atoms with van der Waals surface area (Å²) in [5, 5.41) is 2.82. The van der Waals surface area contributed by atoms with E-state index in [0.717, 1.165) is 11.1 Å². The molecule has 0 saturated heterocycles. The fourth-order valence-corrected chi connectivity index (χ4v) is 5.25. The maximum atomic E-state index is 13.5. The number of fused-ring (bicyclic) bond motifs is 1. The molecule has 1 N–H and O–H groups in total. The zero-order valence-electron chi connectivity index (χ0n) is 19.5. The van der Waals surface area contributed by atoms with E-state index in [4.69, 9.17) is 0 Å². The summed E-state index contributed by atoms with van der Waals surface area (Å²) in [4.78, 5) is 35.1. The van der Waals surface area contributed by atoms with Crippen molar-refractivity contribution in [1.29, 1.82) is 0 Å². The average molecular weight is 478 g/mol. The van der Waals surface area contributed by atoms with Gasteiger partial charge in [0.05, 0.1) is 28.2 Å². The minimum absolute atomic E-state index is 0.0201. The molecule has 3 aromatic rings. The van der Waals surface area contributed by atoms with Gasteiger partial charge in [0.15, 0.2) is 15.6 Å². The van der Waals surface area contributed by atoms with Crippen molar-refractivity contribution < 1.29 is 18.0 Å². The van der Waals surface area contributed by atoms with Gasteiger partial charge in [-0.25, -0.2) is 13.4 Å². The summed E-state index contributed by atoms with van der Waals surface area (Å²) < 4.78 is 23.9. The van der Waals surface area contributed by atoms with Crippen LogP contribution in [0, 0.1) is 6.92 Å². The van der Waals surface area contributed by atoms with E-state index in [1.54, 1.807) is 37.5 Å². The zero-order chi connectivity index (χ0) is 24.5. The molecule has 0 spiro atoms. The van der Waals surface area contributed by atoms with Crippen molar-refractivity contribution in [3.63, 3.8) is 0 Å². The van der Waals surface area contributed by atoms with Crippen LogP contribution in [0.1, 0.15) is 53.0 Å². The molecule has 0 radical (unpaired) electrons. The second-order valence-electron chi connectivity index (χ2n) is 8.82. The highest BCUT2D eigenvalue weighted by molar-refractivity contribution is 7.91. The van der Waals surface area contributed by atoms with Crippen molar-refractivity contribution in [2.45, 2.75) is 50.3 Å². The van der Waals surface area contributed by atoms with Crippen LogP contribution in [0.4, 0.5) is 5.82 Å². The number of nitrogens with one attached hydrogen (secondary N) is 1. The fraction of sp³-hybridized carbons (Fsp3) is 0.308. The number of anilines is 1. The lowest BCUT2D eigenvalue weighted by atomic mass is 9.68. The third kappa shape index (κ3) is 4.50. The van der Waals surface area contributed by atoms with Gasteiger partial charge < -0.3 is 5.32 Å². The number of ketones is 1. The molecule has 0 bridgehead atoms. The van der Waals surface area contributed by atoms with E-state index >= 15 is 0 Å². The number of sulfone groups is 1. The summed E-state index contributed by atoms with van der Waals surface area (Å²) in [6.07, 6.45) is 4.75. The maximum Gasteiger partial charge on any atom is 0.229 e. The standard InChI is InChI=1S/C26H27N3O4S/c1-4-34(32,33)20-9-7-18(8-10-20)15-23(30)29-22-14-17(2)24-21(28-22)11-12-26(3,25(24)31)19-6-5-13-27-16-19/h5-10,13-14,16H,4,11-12,15H2,1-3H3,(H,28,29,30). The SMILES string of the molecule is CCS(=O)(=O)c1ccc(CC(=O)Nc2cc(C)c3c(n2)CCC(C)(c2cccnc2)C3=O)cc1. The molecule has 34 heavy (non-hydrogen) atoms. The molecule has 1 unspecified atom stereocenters. The average Bonchev–Trinajstić information content (AvgIpc) is 2.82.